The summed E-state index contributed by atoms with van der Waals surface area (Å²) < 4.78 is 24.7. The maximum atomic E-state index is 12.4. The van der Waals surface area contributed by atoms with Gasteiger partial charge in [0.05, 0.1) is 17.4 Å². The van der Waals surface area contributed by atoms with Crippen LogP contribution in [0.5, 0.6) is 0 Å². The summed E-state index contributed by atoms with van der Waals surface area (Å²) in [4.78, 5) is 37.2. The largest absolute Gasteiger partial charge is 0.322 e. The van der Waals surface area contributed by atoms with Crippen LogP contribution in [0, 0.1) is 0 Å². The first-order valence-corrected chi connectivity index (χ1v) is 9.40. The minimum atomic E-state index is -3.38. The monoisotopic (exact) mass is 373 g/mol. The standard InChI is InChI=1S/C17H15N3O5S/c1-20-16(22)13-8-3-10(9-14(13)17(20)23)15(21)18-11-4-6-12(7-5-11)19-26(2,24)25/h3-9,19H,1-2H3,(H,18,21). The van der Waals surface area contributed by atoms with Crippen molar-refractivity contribution in [1.82, 2.24) is 4.90 Å². The van der Waals surface area contributed by atoms with Crippen molar-refractivity contribution in [2.75, 3.05) is 23.3 Å². The van der Waals surface area contributed by atoms with E-state index in [1.165, 1.54) is 37.4 Å². The van der Waals surface area contributed by atoms with E-state index in [9.17, 15) is 22.8 Å². The van der Waals surface area contributed by atoms with Gasteiger partial charge in [-0.15, -0.1) is 0 Å². The molecule has 3 amide bonds. The predicted octanol–water partition coefficient (Wildman–Crippen LogP) is 1.54. The zero-order chi connectivity index (χ0) is 19.1. The minimum absolute atomic E-state index is 0.192. The van der Waals surface area contributed by atoms with E-state index in [0.29, 0.717) is 11.4 Å². The Kier molecular flexibility index (Phi) is 4.25. The summed E-state index contributed by atoms with van der Waals surface area (Å²) in [5.41, 5.74) is 1.52. The molecule has 0 saturated heterocycles. The summed E-state index contributed by atoms with van der Waals surface area (Å²) in [6.07, 6.45) is 1.04. The Morgan fingerprint density at radius 1 is 0.923 bits per heavy atom. The molecule has 1 aliphatic heterocycles. The highest BCUT2D eigenvalue weighted by Crippen LogP contribution is 2.23. The van der Waals surface area contributed by atoms with Crippen LogP contribution in [0.3, 0.4) is 0 Å². The molecular weight excluding hydrogens is 358 g/mol. The summed E-state index contributed by atoms with van der Waals surface area (Å²) in [5.74, 6) is -1.30. The van der Waals surface area contributed by atoms with E-state index in [-0.39, 0.29) is 16.7 Å². The molecule has 0 fully saturated rings. The molecule has 0 spiro atoms. The van der Waals surface area contributed by atoms with Crippen molar-refractivity contribution < 1.29 is 22.8 Å². The van der Waals surface area contributed by atoms with Gasteiger partial charge in [-0.05, 0) is 42.5 Å². The number of carbonyl (C=O) groups excluding carboxylic acids is 3. The molecule has 0 bridgehead atoms. The average molecular weight is 373 g/mol. The van der Waals surface area contributed by atoms with Crippen LogP contribution < -0.4 is 10.0 Å². The van der Waals surface area contributed by atoms with E-state index < -0.39 is 27.7 Å². The molecule has 1 heterocycles. The number of amides is 3. The number of benzene rings is 2. The normalized spacial score (nSPS) is 13.5. The Balaban J connectivity index is 1.77. The summed E-state index contributed by atoms with van der Waals surface area (Å²) in [7, 11) is -1.99. The summed E-state index contributed by atoms with van der Waals surface area (Å²) in [6.45, 7) is 0. The van der Waals surface area contributed by atoms with Crippen molar-refractivity contribution >= 4 is 39.1 Å². The molecule has 0 unspecified atom stereocenters. The van der Waals surface area contributed by atoms with Gasteiger partial charge in [-0.2, -0.15) is 0 Å². The van der Waals surface area contributed by atoms with Crippen LogP contribution in [-0.4, -0.2) is 44.3 Å². The van der Waals surface area contributed by atoms with Gasteiger partial charge in [0, 0.05) is 24.0 Å². The fourth-order valence-corrected chi connectivity index (χ4v) is 3.11. The lowest BCUT2D eigenvalue weighted by Gasteiger charge is -2.08. The number of rotatable bonds is 4. The van der Waals surface area contributed by atoms with E-state index in [1.54, 1.807) is 12.1 Å². The number of hydrogen-bond acceptors (Lipinski definition) is 5. The Morgan fingerprint density at radius 2 is 1.50 bits per heavy atom. The van der Waals surface area contributed by atoms with Crippen LogP contribution >= 0.6 is 0 Å². The molecule has 0 aliphatic carbocycles. The zero-order valence-electron chi connectivity index (χ0n) is 13.9. The van der Waals surface area contributed by atoms with Crippen LogP contribution in [0.1, 0.15) is 31.1 Å². The van der Waals surface area contributed by atoms with Gasteiger partial charge in [0.25, 0.3) is 17.7 Å². The predicted molar refractivity (Wildman–Crippen MR) is 95.7 cm³/mol. The van der Waals surface area contributed by atoms with Gasteiger partial charge in [0.1, 0.15) is 0 Å². The molecule has 0 saturated carbocycles. The molecule has 0 radical (unpaired) electrons. The topological polar surface area (TPSA) is 113 Å². The third-order valence-corrected chi connectivity index (χ3v) is 4.40. The second kappa shape index (κ2) is 6.26. The minimum Gasteiger partial charge on any atom is -0.322 e. The molecule has 3 rings (SSSR count). The van der Waals surface area contributed by atoms with E-state index in [4.69, 9.17) is 0 Å². The van der Waals surface area contributed by atoms with Crippen LogP contribution in [0.4, 0.5) is 11.4 Å². The van der Waals surface area contributed by atoms with Crippen LogP contribution in [0.25, 0.3) is 0 Å². The number of fused-ring (bicyclic) bond motifs is 1. The number of nitrogens with one attached hydrogen (secondary N) is 2. The second-order valence-electron chi connectivity index (χ2n) is 5.84. The van der Waals surface area contributed by atoms with E-state index in [2.05, 4.69) is 10.0 Å². The van der Waals surface area contributed by atoms with Crippen molar-refractivity contribution in [1.29, 1.82) is 0 Å². The second-order valence-corrected chi connectivity index (χ2v) is 7.58. The molecule has 134 valence electrons. The first-order chi connectivity index (χ1) is 12.2. The van der Waals surface area contributed by atoms with Gasteiger partial charge in [0.2, 0.25) is 10.0 Å². The Morgan fingerprint density at radius 3 is 2.12 bits per heavy atom. The lowest BCUT2D eigenvalue weighted by molar-refractivity contribution is 0.0693. The summed E-state index contributed by atoms with van der Waals surface area (Å²) in [5, 5.41) is 2.65. The zero-order valence-corrected chi connectivity index (χ0v) is 14.8. The van der Waals surface area contributed by atoms with Gasteiger partial charge in [-0.1, -0.05) is 0 Å². The fraction of sp³-hybridized carbons (Fsp3) is 0.118. The highest BCUT2D eigenvalue weighted by molar-refractivity contribution is 7.92. The van der Waals surface area contributed by atoms with Gasteiger partial charge < -0.3 is 5.32 Å². The van der Waals surface area contributed by atoms with Crippen molar-refractivity contribution in [2.45, 2.75) is 0 Å². The van der Waals surface area contributed by atoms with Gasteiger partial charge in [-0.3, -0.25) is 24.0 Å². The molecule has 9 heteroatoms. The van der Waals surface area contributed by atoms with Crippen molar-refractivity contribution in [3.05, 3.63) is 59.2 Å². The third kappa shape index (κ3) is 3.42. The quantitative estimate of drug-likeness (QED) is 0.790. The van der Waals surface area contributed by atoms with Crippen molar-refractivity contribution in [3.8, 4) is 0 Å². The van der Waals surface area contributed by atoms with Gasteiger partial charge in [0.15, 0.2) is 0 Å². The first kappa shape index (κ1) is 17.6. The first-order valence-electron chi connectivity index (χ1n) is 7.51. The average Bonchev–Trinajstić information content (AvgIpc) is 2.79. The molecule has 8 nitrogen and oxygen atoms in total. The molecular formula is C17H15N3O5S. The molecule has 1 aliphatic rings. The molecule has 2 N–H and O–H groups in total. The van der Waals surface area contributed by atoms with Gasteiger partial charge >= 0.3 is 0 Å². The van der Waals surface area contributed by atoms with Crippen LogP contribution in [0.2, 0.25) is 0 Å². The van der Waals surface area contributed by atoms with Crippen LogP contribution in [-0.2, 0) is 10.0 Å². The number of carbonyl (C=O) groups is 3. The number of sulfonamides is 1. The number of anilines is 2. The Hall–Kier alpha value is -3.20. The number of hydrogen-bond donors (Lipinski definition) is 2. The number of nitrogens with zero attached hydrogens (tertiary/aromatic N) is 1. The SMILES string of the molecule is CN1C(=O)c2ccc(C(=O)Nc3ccc(NS(C)(=O)=O)cc3)cc2C1=O. The lowest BCUT2D eigenvalue weighted by Crippen LogP contribution is -2.24. The highest BCUT2D eigenvalue weighted by atomic mass is 32.2. The van der Waals surface area contributed by atoms with E-state index in [1.807, 2.05) is 0 Å². The summed E-state index contributed by atoms with van der Waals surface area (Å²) >= 11 is 0. The smallest absolute Gasteiger partial charge is 0.261 e. The third-order valence-electron chi connectivity index (χ3n) is 3.80. The molecule has 0 aromatic heterocycles. The fourth-order valence-electron chi connectivity index (χ4n) is 2.54. The molecule has 26 heavy (non-hydrogen) atoms. The molecule has 2 aromatic carbocycles. The van der Waals surface area contributed by atoms with E-state index >= 15 is 0 Å². The van der Waals surface area contributed by atoms with Crippen LogP contribution in [0.15, 0.2) is 42.5 Å². The Bertz CT molecular complexity index is 1030. The maximum absolute atomic E-state index is 12.4. The highest BCUT2D eigenvalue weighted by Gasteiger charge is 2.33. The van der Waals surface area contributed by atoms with Gasteiger partial charge in [-0.25, -0.2) is 8.42 Å². The molecule has 2 aromatic rings. The summed E-state index contributed by atoms with van der Waals surface area (Å²) in [6, 6.07) is 10.4. The molecule has 0 atom stereocenters. The lowest BCUT2D eigenvalue weighted by atomic mass is 10.1. The maximum Gasteiger partial charge on any atom is 0.261 e. The van der Waals surface area contributed by atoms with Crippen molar-refractivity contribution in [3.63, 3.8) is 0 Å². The Labute approximate surface area is 149 Å². The number of imide groups is 1. The van der Waals surface area contributed by atoms with Crippen molar-refractivity contribution in [2.24, 2.45) is 0 Å². The van der Waals surface area contributed by atoms with E-state index in [0.717, 1.165) is 11.2 Å².